The lowest BCUT2D eigenvalue weighted by molar-refractivity contribution is -0.116. The number of primary amides is 1. The Bertz CT molecular complexity index is 649. The first-order valence-corrected chi connectivity index (χ1v) is 6.54. The number of nitrogens with zero attached hydrogens (tertiary/aromatic N) is 2. The number of hydrogen-bond donors (Lipinski definition) is 1. The molecule has 1 aliphatic rings. The molecule has 1 fully saturated rings. The van der Waals surface area contributed by atoms with Gasteiger partial charge in [0.25, 0.3) is 5.91 Å². The average Bonchev–Trinajstić information content (AvgIpc) is 2.68. The summed E-state index contributed by atoms with van der Waals surface area (Å²) in [7, 11) is 0. The van der Waals surface area contributed by atoms with Crippen LogP contribution in [0.5, 0.6) is 0 Å². The van der Waals surface area contributed by atoms with Crippen molar-refractivity contribution < 1.29 is 14.0 Å². The molecular weight excluding hydrogens is 281 g/mol. The van der Waals surface area contributed by atoms with E-state index in [1.807, 2.05) is 0 Å². The molecule has 1 aromatic rings. The van der Waals surface area contributed by atoms with Gasteiger partial charge in [0.2, 0.25) is 5.91 Å². The molecule has 1 aliphatic heterocycles. The Morgan fingerprint density at radius 3 is 2.55 bits per heavy atom. The Morgan fingerprint density at radius 1 is 1.45 bits per heavy atom. The number of benzene rings is 1. The van der Waals surface area contributed by atoms with E-state index in [9.17, 15) is 14.0 Å². The second-order valence-electron chi connectivity index (χ2n) is 4.07. The van der Waals surface area contributed by atoms with E-state index >= 15 is 0 Å². The third-order valence-electron chi connectivity index (χ3n) is 2.72. The molecule has 0 saturated carbocycles. The lowest BCUT2D eigenvalue weighted by Crippen LogP contribution is -2.29. The van der Waals surface area contributed by atoms with E-state index in [1.54, 1.807) is 13.0 Å². The number of thioether (sulfide) groups is 1. The van der Waals surface area contributed by atoms with Crippen LogP contribution in [0, 0.1) is 17.1 Å². The van der Waals surface area contributed by atoms with Crippen LogP contribution in [0.2, 0.25) is 0 Å². The Morgan fingerprint density at radius 2 is 2.05 bits per heavy atom. The number of hydrogen-bond acceptors (Lipinski definition) is 4. The summed E-state index contributed by atoms with van der Waals surface area (Å²) in [5.74, 6) is -1.63. The summed E-state index contributed by atoms with van der Waals surface area (Å²) >= 11 is 1.08. The van der Waals surface area contributed by atoms with Crippen molar-refractivity contribution in [1.82, 2.24) is 0 Å². The van der Waals surface area contributed by atoms with Crippen molar-refractivity contribution >= 4 is 29.3 Å². The molecule has 2 amide bonds. The summed E-state index contributed by atoms with van der Waals surface area (Å²) in [6.45, 7) is 1.66. The number of carbonyl (C=O) groups excluding carboxylic acids is 2. The van der Waals surface area contributed by atoms with Crippen LogP contribution in [0.25, 0.3) is 0 Å². The molecule has 1 atom stereocenters. The predicted molar refractivity (Wildman–Crippen MR) is 72.8 cm³/mol. The third kappa shape index (κ3) is 2.38. The zero-order valence-electron chi connectivity index (χ0n) is 10.5. The second kappa shape index (κ2) is 5.35. The first kappa shape index (κ1) is 14.1. The number of rotatable bonds is 2. The summed E-state index contributed by atoms with van der Waals surface area (Å²) in [5, 5.41) is 8.76. The van der Waals surface area contributed by atoms with Crippen LogP contribution in [0.1, 0.15) is 6.92 Å². The van der Waals surface area contributed by atoms with E-state index in [0.29, 0.717) is 5.69 Å². The fraction of sp³-hybridized carbons (Fsp3) is 0.154. The smallest absolute Gasteiger partial charge is 0.262 e. The van der Waals surface area contributed by atoms with Crippen molar-refractivity contribution in [3.63, 3.8) is 0 Å². The van der Waals surface area contributed by atoms with Gasteiger partial charge in [-0.1, -0.05) is 11.8 Å². The summed E-state index contributed by atoms with van der Waals surface area (Å²) in [4.78, 5) is 24.7. The molecule has 0 spiro atoms. The first-order chi connectivity index (χ1) is 9.45. The van der Waals surface area contributed by atoms with Crippen LogP contribution in [-0.4, -0.2) is 17.1 Å². The minimum absolute atomic E-state index is 0.184. The van der Waals surface area contributed by atoms with Crippen LogP contribution in [-0.2, 0) is 9.59 Å². The van der Waals surface area contributed by atoms with Gasteiger partial charge in [0.15, 0.2) is 0 Å². The summed E-state index contributed by atoms with van der Waals surface area (Å²) in [6.07, 6.45) is 0. The van der Waals surface area contributed by atoms with E-state index in [1.165, 1.54) is 29.2 Å². The topological polar surface area (TPSA) is 87.2 Å². The summed E-state index contributed by atoms with van der Waals surface area (Å²) in [6, 6.07) is 6.92. The van der Waals surface area contributed by atoms with Gasteiger partial charge >= 0.3 is 0 Å². The van der Waals surface area contributed by atoms with Gasteiger partial charge in [-0.15, -0.1) is 0 Å². The maximum absolute atomic E-state index is 13.0. The van der Waals surface area contributed by atoms with Gasteiger partial charge in [-0.25, -0.2) is 4.39 Å². The fourth-order valence-corrected chi connectivity index (χ4v) is 2.87. The Labute approximate surface area is 118 Å². The number of amides is 2. The van der Waals surface area contributed by atoms with Gasteiger partial charge in [0.1, 0.15) is 22.5 Å². The largest absolute Gasteiger partial charge is 0.365 e. The van der Waals surface area contributed by atoms with E-state index in [4.69, 9.17) is 11.0 Å². The molecular formula is C13H10FN3O2S. The quantitative estimate of drug-likeness (QED) is 0.661. The van der Waals surface area contributed by atoms with Crippen molar-refractivity contribution in [2.24, 2.45) is 5.73 Å². The van der Waals surface area contributed by atoms with Crippen molar-refractivity contribution in [3.05, 3.63) is 40.7 Å². The molecule has 1 heterocycles. The molecule has 0 aromatic heterocycles. The van der Waals surface area contributed by atoms with Crippen molar-refractivity contribution in [2.75, 3.05) is 4.90 Å². The zero-order chi connectivity index (χ0) is 14.9. The Balaban J connectivity index is 2.58. The van der Waals surface area contributed by atoms with Gasteiger partial charge in [-0.05, 0) is 31.2 Å². The average molecular weight is 291 g/mol. The first-order valence-electron chi connectivity index (χ1n) is 5.66. The monoisotopic (exact) mass is 291 g/mol. The number of nitriles is 1. The molecule has 0 aliphatic carbocycles. The molecule has 1 saturated heterocycles. The van der Waals surface area contributed by atoms with Crippen LogP contribution < -0.4 is 10.6 Å². The summed E-state index contributed by atoms with van der Waals surface area (Å²) in [5.41, 5.74) is 5.26. The number of anilines is 1. The maximum atomic E-state index is 13.0. The zero-order valence-corrected chi connectivity index (χ0v) is 11.3. The SMILES string of the molecule is C[C@@H]1S/C(=C(/C#N)C(N)=O)N(c2ccc(F)cc2)C1=O. The minimum atomic E-state index is -0.899. The van der Waals surface area contributed by atoms with Gasteiger partial charge in [0, 0.05) is 5.69 Å². The van der Waals surface area contributed by atoms with Gasteiger partial charge < -0.3 is 5.73 Å². The minimum Gasteiger partial charge on any atom is -0.365 e. The van der Waals surface area contributed by atoms with Gasteiger partial charge in [0.05, 0.1) is 5.25 Å². The molecule has 0 bridgehead atoms. The normalized spacial score (nSPS) is 20.8. The molecule has 7 heteroatoms. The molecule has 0 radical (unpaired) electrons. The number of halogens is 1. The van der Waals surface area contributed by atoms with E-state index in [-0.39, 0.29) is 16.5 Å². The van der Waals surface area contributed by atoms with Crippen molar-refractivity contribution in [1.29, 1.82) is 5.26 Å². The van der Waals surface area contributed by atoms with Crippen molar-refractivity contribution in [3.8, 4) is 6.07 Å². The maximum Gasteiger partial charge on any atom is 0.262 e. The van der Waals surface area contributed by atoms with E-state index in [0.717, 1.165) is 11.8 Å². The van der Waals surface area contributed by atoms with Crippen LogP contribution in [0.15, 0.2) is 34.9 Å². The van der Waals surface area contributed by atoms with Crippen LogP contribution >= 0.6 is 11.8 Å². The lowest BCUT2D eigenvalue weighted by Gasteiger charge is -2.17. The third-order valence-corrected chi connectivity index (χ3v) is 3.88. The van der Waals surface area contributed by atoms with Gasteiger partial charge in [-0.2, -0.15) is 5.26 Å². The highest BCUT2D eigenvalue weighted by Crippen LogP contribution is 2.40. The fourth-order valence-electron chi connectivity index (χ4n) is 1.77. The Hall–Kier alpha value is -2.33. The van der Waals surface area contributed by atoms with E-state index in [2.05, 4.69) is 0 Å². The van der Waals surface area contributed by atoms with Gasteiger partial charge in [-0.3, -0.25) is 14.5 Å². The standard InChI is InChI=1S/C13H10FN3O2S/c1-7-12(19)17(9-4-2-8(14)3-5-9)13(20-7)10(6-15)11(16)18/h2-5,7H,1H3,(H2,16,18)/b13-10-/t7-/m0/s1. The highest BCUT2D eigenvalue weighted by molar-refractivity contribution is 8.05. The molecule has 2 N–H and O–H groups in total. The summed E-state index contributed by atoms with van der Waals surface area (Å²) < 4.78 is 13.0. The van der Waals surface area contributed by atoms with Crippen molar-refractivity contribution in [2.45, 2.75) is 12.2 Å². The predicted octanol–water partition coefficient (Wildman–Crippen LogP) is 1.51. The molecule has 2 rings (SSSR count). The Kier molecular flexibility index (Phi) is 3.77. The van der Waals surface area contributed by atoms with Crippen LogP contribution in [0.4, 0.5) is 10.1 Å². The van der Waals surface area contributed by atoms with Crippen LogP contribution in [0.3, 0.4) is 0 Å². The second-order valence-corrected chi connectivity index (χ2v) is 5.40. The number of carbonyl (C=O) groups is 2. The molecule has 20 heavy (non-hydrogen) atoms. The molecule has 5 nitrogen and oxygen atoms in total. The highest BCUT2D eigenvalue weighted by atomic mass is 32.2. The highest BCUT2D eigenvalue weighted by Gasteiger charge is 2.37. The molecule has 0 unspecified atom stereocenters. The van der Waals surface area contributed by atoms with E-state index < -0.39 is 17.0 Å². The molecule has 1 aromatic carbocycles. The molecule has 102 valence electrons. The lowest BCUT2D eigenvalue weighted by atomic mass is 10.2. The number of nitrogens with two attached hydrogens (primary N) is 1.